The third-order valence-corrected chi connectivity index (χ3v) is 1.08. The summed E-state index contributed by atoms with van der Waals surface area (Å²) in [5.74, 6) is -1.14. The first-order valence-corrected chi connectivity index (χ1v) is 3.29. The van der Waals surface area contributed by atoms with Gasteiger partial charge < -0.3 is 27.1 Å². The van der Waals surface area contributed by atoms with Gasteiger partial charge in [-0.2, -0.15) is 0 Å². The number of carboxylic acids is 1. The molecule has 0 aromatic rings. The number of aliphatic carboxylic acids is 1. The minimum absolute atomic E-state index is 0. The second kappa shape index (κ2) is 5.35. The number of carbonyl (C=O) groups is 1. The second-order valence-corrected chi connectivity index (χ2v) is 3.12. The van der Waals surface area contributed by atoms with Crippen molar-refractivity contribution in [3.05, 3.63) is 0 Å². The SMILES string of the molecule is [2H]C([2H])([2H])[N+](C)(C)CC(O)CC(=O)O.[Cl-]. The van der Waals surface area contributed by atoms with Crippen molar-refractivity contribution < 1.29 is 36.0 Å². The summed E-state index contributed by atoms with van der Waals surface area (Å²) < 4.78 is 21.1. The van der Waals surface area contributed by atoms with E-state index in [-0.39, 0.29) is 19.0 Å². The molecule has 4 nitrogen and oxygen atoms in total. The van der Waals surface area contributed by atoms with Gasteiger partial charge in [0.2, 0.25) is 0 Å². The lowest BCUT2D eigenvalue weighted by molar-refractivity contribution is -0.873. The van der Waals surface area contributed by atoms with Crippen LogP contribution in [0, 0.1) is 0 Å². The molecule has 0 saturated carbocycles. The molecular formula is C7H16ClNO3. The van der Waals surface area contributed by atoms with E-state index in [0.29, 0.717) is 0 Å². The predicted octanol–water partition coefficient (Wildman–Crippen LogP) is -3.47. The first kappa shape index (κ1) is 8.29. The molecule has 0 amide bonds. The molecule has 0 bridgehead atoms. The van der Waals surface area contributed by atoms with Gasteiger partial charge in [-0.1, -0.05) is 0 Å². The monoisotopic (exact) mass is 200 g/mol. The van der Waals surface area contributed by atoms with E-state index in [4.69, 9.17) is 9.22 Å². The van der Waals surface area contributed by atoms with Crippen LogP contribution >= 0.6 is 0 Å². The molecule has 1 atom stereocenters. The molecule has 0 spiro atoms. The minimum Gasteiger partial charge on any atom is -1.00 e. The second-order valence-electron chi connectivity index (χ2n) is 3.12. The van der Waals surface area contributed by atoms with Crippen molar-refractivity contribution >= 4 is 5.97 Å². The fourth-order valence-electron chi connectivity index (χ4n) is 0.793. The Bertz CT molecular complexity index is 220. The molecule has 74 valence electrons. The molecule has 0 rings (SSSR count). The van der Waals surface area contributed by atoms with Crippen molar-refractivity contribution in [3.63, 3.8) is 0 Å². The third kappa shape index (κ3) is 9.68. The lowest BCUT2D eigenvalue weighted by Gasteiger charge is -2.25. The zero-order valence-electron chi connectivity index (χ0n) is 10.1. The number of aliphatic hydroxyl groups excluding tert-OH is 1. The third-order valence-electron chi connectivity index (χ3n) is 1.08. The van der Waals surface area contributed by atoms with Crippen LogP contribution in [0.1, 0.15) is 10.5 Å². The highest BCUT2D eigenvalue weighted by Gasteiger charge is 2.17. The number of hydrogen-bond acceptors (Lipinski definition) is 2. The highest BCUT2D eigenvalue weighted by Crippen LogP contribution is 1.98. The topological polar surface area (TPSA) is 57.5 Å². The molecule has 1 unspecified atom stereocenters. The van der Waals surface area contributed by atoms with Crippen LogP contribution in [0.15, 0.2) is 0 Å². The molecule has 0 aromatic heterocycles. The normalized spacial score (nSPS) is 18.1. The minimum atomic E-state index is -2.25. The molecule has 2 N–H and O–H groups in total. The lowest BCUT2D eigenvalue weighted by atomic mass is 10.2. The number of quaternary nitrogens is 1. The van der Waals surface area contributed by atoms with Crippen molar-refractivity contribution in [3.8, 4) is 0 Å². The Morgan fingerprint density at radius 2 is 2.17 bits per heavy atom. The predicted molar refractivity (Wildman–Crippen MR) is 41.2 cm³/mol. The van der Waals surface area contributed by atoms with Crippen molar-refractivity contribution in [1.82, 2.24) is 0 Å². The van der Waals surface area contributed by atoms with Crippen LogP contribution in [-0.4, -0.2) is 54.4 Å². The Morgan fingerprint density at radius 3 is 2.50 bits per heavy atom. The first-order chi connectivity index (χ1) is 6.06. The van der Waals surface area contributed by atoms with E-state index in [0.717, 1.165) is 0 Å². The Balaban J connectivity index is 0. The van der Waals surface area contributed by atoms with Crippen LogP contribution < -0.4 is 12.4 Å². The van der Waals surface area contributed by atoms with E-state index < -0.39 is 30.0 Å². The number of hydrogen-bond donors (Lipinski definition) is 2. The average molecular weight is 201 g/mol. The molecule has 0 aliphatic carbocycles. The molecule has 0 aliphatic rings. The fraction of sp³-hybridized carbons (Fsp3) is 0.857. The summed E-state index contributed by atoms with van der Waals surface area (Å²) in [4.78, 5) is 10.2. The summed E-state index contributed by atoms with van der Waals surface area (Å²) in [6.07, 6.45) is -1.57. The number of halogens is 1. The van der Waals surface area contributed by atoms with Crippen molar-refractivity contribution in [1.29, 1.82) is 0 Å². The molecule has 0 aliphatic heterocycles. The van der Waals surface area contributed by atoms with Crippen LogP contribution in [0.5, 0.6) is 0 Å². The summed E-state index contributed by atoms with van der Waals surface area (Å²) in [7, 11) is 2.86. The molecule has 5 heteroatoms. The van der Waals surface area contributed by atoms with Crippen molar-refractivity contribution in [2.24, 2.45) is 0 Å². The first-order valence-electron chi connectivity index (χ1n) is 4.79. The number of carboxylic acid groups (broad SMARTS) is 1. The zero-order chi connectivity index (χ0) is 11.6. The van der Waals surface area contributed by atoms with E-state index in [1.54, 1.807) is 0 Å². The van der Waals surface area contributed by atoms with E-state index in [1.807, 2.05) is 0 Å². The summed E-state index contributed by atoms with van der Waals surface area (Å²) >= 11 is 0. The average Bonchev–Trinajstić information content (AvgIpc) is 1.79. The lowest BCUT2D eigenvalue weighted by Crippen LogP contribution is -3.00. The van der Waals surface area contributed by atoms with Crippen LogP contribution in [0.3, 0.4) is 0 Å². The number of rotatable bonds is 4. The summed E-state index contributed by atoms with van der Waals surface area (Å²) in [5, 5.41) is 17.6. The van der Waals surface area contributed by atoms with Gasteiger partial charge in [0.05, 0.1) is 31.6 Å². The highest BCUT2D eigenvalue weighted by molar-refractivity contribution is 5.67. The van der Waals surface area contributed by atoms with Gasteiger partial charge >= 0.3 is 5.97 Å². The number of nitrogens with zero attached hydrogens (tertiary/aromatic N) is 1. The maximum absolute atomic E-state index is 10.2. The fourth-order valence-corrected chi connectivity index (χ4v) is 0.793. The Hall–Kier alpha value is -0.320. The standard InChI is InChI=1S/C7H15NO3.ClH/c1-8(2,3)5-6(9)4-7(10)11;/h6,9H,4-5H2,1-3H3;1H/i1D3;. The van der Waals surface area contributed by atoms with Gasteiger partial charge in [0.15, 0.2) is 0 Å². The molecular weight excluding hydrogens is 182 g/mol. The van der Waals surface area contributed by atoms with Crippen LogP contribution in [-0.2, 0) is 4.79 Å². The van der Waals surface area contributed by atoms with Gasteiger partial charge in [0.25, 0.3) is 0 Å². The summed E-state index contributed by atoms with van der Waals surface area (Å²) in [5.41, 5.74) is 0. The zero-order valence-corrected chi connectivity index (χ0v) is 7.88. The summed E-state index contributed by atoms with van der Waals surface area (Å²) in [6, 6.07) is 0. The van der Waals surface area contributed by atoms with Crippen LogP contribution in [0.25, 0.3) is 0 Å². The largest absolute Gasteiger partial charge is 1.00 e. The highest BCUT2D eigenvalue weighted by atomic mass is 35.5. The van der Waals surface area contributed by atoms with Crippen molar-refractivity contribution in [2.75, 3.05) is 27.6 Å². The molecule has 12 heavy (non-hydrogen) atoms. The van der Waals surface area contributed by atoms with E-state index in [9.17, 15) is 9.90 Å². The van der Waals surface area contributed by atoms with Gasteiger partial charge in [0, 0.05) is 0 Å². The maximum Gasteiger partial charge on any atom is 0.306 e. The van der Waals surface area contributed by atoms with Gasteiger partial charge in [-0.15, -0.1) is 0 Å². The Labute approximate surface area is 83.0 Å². The van der Waals surface area contributed by atoms with Crippen molar-refractivity contribution in [2.45, 2.75) is 12.5 Å². The quantitative estimate of drug-likeness (QED) is 0.464. The van der Waals surface area contributed by atoms with E-state index >= 15 is 0 Å². The van der Waals surface area contributed by atoms with E-state index in [1.165, 1.54) is 14.1 Å². The van der Waals surface area contributed by atoms with E-state index in [2.05, 4.69) is 0 Å². The summed E-state index contributed by atoms with van der Waals surface area (Å²) in [6.45, 7) is -2.36. The van der Waals surface area contributed by atoms with Gasteiger partial charge in [0.1, 0.15) is 12.6 Å². The van der Waals surface area contributed by atoms with Crippen LogP contribution in [0.2, 0.25) is 0 Å². The molecule has 0 radical (unpaired) electrons. The molecule has 0 fully saturated rings. The molecule has 0 aromatic carbocycles. The Morgan fingerprint density at radius 1 is 1.67 bits per heavy atom. The molecule has 0 saturated heterocycles. The molecule has 0 heterocycles. The van der Waals surface area contributed by atoms with Gasteiger partial charge in [-0.25, -0.2) is 0 Å². The number of aliphatic hydroxyl groups is 1. The smallest absolute Gasteiger partial charge is 0.306 e. The maximum atomic E-state index is 10.2. The van der Waals surface area contributed by atoms with Gasteiger partial charge in [-0.3, -0.25) is 4.79 Å². The number of likely N-dealkylation sites (N-methyl/N-ethyl adjacent to an activating group) is 1. The van der Waals surface area contributed by atoms with Gasteiger partial charge in [-0.05, 0) is 0 Å². The van der Waals surface area contributed by atoms with Crippen LogP contribution in [0.4, 0.5) is 0 Å². The Kier molecular flexibility index (Phi) is 3.69.